The van der Waals surface area contributed by atoms with Crippen molar-refractivity contribution in [2.45, 2.75) is 20.5 Å². The Balaban J connectivity index is 2.31. The van der Waals surface area contributed by atoms with Gasteiger partial charge in [0, 0.05) is 24.7 Å². The molecule has 0 heterocycles. The van der Waals surface area contributed by atoms with Gasteiger partial charge in [0.2, 0.25) is 0 Å². The van der Waals surface area contributed by atoms with Crippen molar-refractivity contribution in [3.63, 3.8) is 0 Å². The van der Waals surface area contributed by atoms with E-state index < -0.39 is 5.97 Å². The fourth-order valence-electron chi connectivity index (χ4n) is 2.52. The number of nitrogens with zero attached hydrogens (tertiary/aromatic N) is 2. The van der Waals surface area contributed by atoms with Crippen LogP contribution in [0.5, 0.6) is 0 Å². The van der Waals surface area contributed by atoms with Gasteiger partial charge in [-0.1, -0.05) is 44.4 Å². The summed E-state index contributed by atoms with van der Waals surface area (Å²) in [6.45, 7) is 3.98. The third-order valence-corrected chi connectivity index (χ3v) is 5.39. The SMILES string of the molecule is CO/N=C(/C(=O)OC)c1cccc(C)c1CO/N=C(\C)c1cc(Br)ccc1I. The monoisotopic (exact) mass is 558 g/mol. The second-order valence-corrected chi connectivity index (χ2v) is 7.87. The van der Waals surface area contributed by atoms with Crippen LogP contribution >= 0.6 is 38.5 Å². The molecule has 0 unspecified atom stereocenters. The van der Waals surface area contributed by atoms with Gasteiger partial charge in [-0.15, -0.1) is 0 Å². The number of aryl methyl sites for hydroxylation is 1. The minimum atomic E-state index is -0.586. The van der Waals surface area contributed by atoms with E-state index in [0.29, 0.717) is 5.56 Å². The van der Waals surface area contributed by atoms with E-state index in [9.17, 15) is 4.79 Å². The minimum Gasteiger partial charge on any atom is -0.464 e. The Morgan fingerprint density at radius 1 is 1.14 bits per heavy atom. The normalized spacial score (nSPS) is 11.9. The van der Waals surface area contributed by atoms with Crippen LogP contribution < -0.4 is 0 Å². The highest BCUT2D eigenvalue weighted by molar-refractivity contribution is 14.1. The first-order chi connectivity index (χ1) is 13.4. The van der Waals surface area contributed by atoms with Crippen LogP contribution in [0.3, 0.4) is 0 Å². The molecule has 0 radical (unpaired) electrons. The summed E-state index contributed by atoms with van der Waals surface area (Å²) in [5.41, 5.74) is 4.11. The number of ether oxygens (including phenoxy) is 1. The van der Waals surface area contributed by atoms with Gasteiger partial charge in [0.15, 0.2) is 5.71 Å². The van der Waals surface area contributed by atoms with E-state index in [1.807, 2.05) is 44.2 Å². The van der Waals surface area contributed by atoms with E-state index in [0.717, 1.165) is 30.4 Å². The third-order valence-electron chi connectivity index (χ3n) is 3.96. The van der Waals surface area contributed by atoms with Gasteiger partial charge in [-0.2, -0.15) is 0 Å². The highest BCUT2D eigenvalue weighted by Crippen LogP contribution is 2.21. The van der Waals surface area contributed by atoms with Gasteiger partial charge in [0.25, 0.3) is 0 Å². The molecule has 2 aromatic rings. The van der Waals surface area contributed by atoms with Crippen molar-refractivity contribution in [3.8, 4) is 0 Å². The van der Waals surface area contributed by atoms with Gasteiger partial charge in [0.05, 0.1) is 12.8 Å². The van der Waals surface area contributed by atoms with Crippen molar-refractivity contribution in [3.05, 3.63) is 66.7 Å². The lowest BCUT2D eigenvalue weighted by molar-refractivity contribution is -0.132. The molecule has 0 N–H and O–H groups in total. The van der Waals surface area contributed by atoms with E-state index >= 15 is 0 Å². The van der Waals surface area contributed by atoms with E-state index in [2.05, 4.69) is 48.8 Å². The first-order valence-corrected chi connectivity index (χ1v) is 10.2. The molecule has 0 aliphatic rings. The van der Waals surface area contributed by atoms with Crippen molar-refractivity contribution in [2.75, 3.05) is 14.2 Å². The van der Waals surface area contributed by atoms with Crippen LogP contribution in [-0.2, 0) is 25.8 Å². The third kappa shape index (κ3) is 5.54. The number of benzene rings is 2. The summed E-state index contributed by atoms with van der Waals surface area (Å²) in [5, 5.41) is 8.07. The zero-order valence-corrected chi connectivity index (χ0v) is 19.7. The number of hydrogen-bond donors (Lipinski definition) is 0. The fraction of sp³-hybridized carbons (Fsp3) is 0.250. The summed E-state index contributed by atoms with van der Waals surface area (Å²) in [4.78, 5) is 22.5. The van der Waals surface area contributed by atoms with Crippen molar-refractivity contribution in [1.29, 1.82) is 0 Å². The molecule has 0 aliphatic heterocycles. The largest absolute Gasteiger partial charge is 0.464 e. The molecule has 2 aromatic carbocycles. The number of halogens is 2. The van der Waals surface area contributed by atoms with Crippen molar-refractivity contribution >= 4 is 55.9 Å². The van der Waals surface area contributed by atoms with Crippen molar-refractivity contribution in [2.24, 2.45) is 10.3 Å². The number of carbonyl (C=O) groups excluding carboxylic acids is 1. The molecular formula is C20H20BrIN2O4. The second-order valence-electron chi connectivity index (χ2n) is 5.79. The maximum atomic E-state index is 12.1. The van der Waals surface area contributed by atoms with Crippen molar-refractivity contribution < 1.29 is 19.2 Å². The smallest absolute Gasteiger partial charge is 0.360 e. The standard InChI is InChI=1S/C20H20BrIN2O4/c1-12-6-5-7-15(19(24-27-4)20(25)26-3)17(12)11-28-23-13(2)16-10-14(21)8-9-18(16)22/h5-10H,11H2,1-4H3/b23-13+,24-19+. The summed E-state index contributed by atoms with van der Waals surface area (Å²) < 4.78 is 6.86. The van der Waals surface area contributed by atoms with Gasteiger partial charge >= 0.3 is 5.97 Å². The average Bonchev–Trinajstić information content (AvgIpc) is 2.68. The van der Waals surface area contributed by atoms with Gasteiger partial charge in [-0.3, -0.25) is 0 Å². The molecule has 2 rings (SSSR count). The molecule has 8 heteroatoms. The minimum absolute atomic E-state index is 0.0783. The van der Waals surface area contributed by atoms with Crippen molar-refractivity contribution in [1.82, 2.24) is 0 Å². The maximum absolute atomic E-state index is 12.1. The lowest BCUT2D eigenvalue weighted by Gasteiger charge is -2.12. The zero-order chi connectivity index (χ0) is 20.7. The Labute approximate surface area is 186 Å². The zero-order valence-electron chi connectivity index (χ0n) is 16.0. The molecule has 0 aromatic heterocycles. The summed E-state index contributed by atoms with van der Waals surface area (Å²) in [6, 6.07) is 11.5. The van der Waals surface area contributed by atoms with Crippen LogP contribution in [0.2, 0.25) is 0 Å². The van der Waals surface area contributed by atoms with Gasteiger partial charge in [-0.25, -0.2) is 4.79 Å². The maximum Gasteiger partial charge on any atom is 0.360 e. The van der Waals surface area contributed by atoms with E-state index in [-0.39, 0.29) is 12.3 Å². The highest BCUT2D eigenvalue weighted by Gasteiger charge is 2.20. The average molecular weight is 559 g/mol. The van der Waals surface area contributed by atoms with Gasteiger partial charge in [-0.05, 0) is 60.2 Å². The number of esters is 1. The number of methoxy groups -OCH3 is 1. The Kier molecular flexibility index (Phi) is 8.43. The lowest BCUT2D eigenvalue weighted by atomic mass is 9.99. The van der Waals surface area contributed by atoms with Crippen LogP contribution in [0.15, 0.2) is 51.2 Å². The van der Waals surface area contributed by atoms with Crippen LogP contribution in [-0.4, -0.2) is 31.6 Å². The predicted octanol–water partition coefficient (Wildman–Crippen LogP) is 4.83. The molecule has 0 bridgehead atoms. The molecule has 0 amide bonds. The number of oxime groups is 2. The first kappa shape index (κ1) is 22.4. The quantitative estimate of drug-likeness (QED) is 0.211. The Bertz CT molecular complexity index is 928. The van der Waals surface area contributed by atoms with E-state index in [1.54, 1.807) is 6.07 Å². The van der Waals surface area contributed by atoms with Crippen LogP contribution in [0.25, 0.3) is 0 Å². The molecule has 0 aliphatic carbocycles. The fourth-order valence-corrected chi connectivity index (χ4v) is 3.60. The summed E-state index contributed by atoms with van der Waals surface area (Å²) in [5.74, 6) is -0.586. The number of hydrogen-bond acceptors (Lipinski definition) is 6. The summed E-state index contributed by atoms with van der Waals surface area (Å²) in [7, 11) is 2.68. The molecule has 0 spiro atoms. The first-order valence-electron chi connectivity index (χ1n) is 8.29. The van der Waals surface area contributed by atoms with Crippen LogP contribution in [0, 0.1) is 10.5 Å². The molecule has 0 atom stereocenters. The molecule has 148 valence electrons. The van der Waals surface area contributed by atoms with Gasteiger partial charge < -0.3 is 14.4 Å². The summed E-state index contributed by atoms with van der Waals surface area (Å²) >= 11 is 5.73. The van der Waals surface area contributed by atoms with E-state index in [1.165, 1.54) is 14.2 Å². The van der Waals surface area contributed by atoms with Gasteiger partial charge in [0.1, 0.15) is 13.7 Å². The summed E-state index contributed by atoms with van der Waals surface area (Å²) in [6.07, 6.45) is 0. The molecule has 6 nitrogen and oxygen atoms in total. The van der Waals surface area contributed by atoms with E-state index in [4.69, 9.17) is 14.4 Å². The lowest BCUT2D eigenvalue weighted by Crippen LogP contribution is -2.20. The predicted molar refractivity (Wildman–Crippen MR) is 121 cm³/mol. The van der Waals surface area contributed by atoms with Crippen LogP contribution in [0.4, 0.5) is 0 Å². The molecular weight excluding hydrogens is 539 g/mol. The molecule has 0 saturated carbocycles. The molecule has 0 saturated heterocycles. The van der Waals surface area contributed by atoms with Crippen LogP contribution in [0.1, 0.15) is 29.2 Å². The molecule has 0 fully saturated rings. The number of carbonyl (C=O) groups is 1. The number of rotatable bonds is 7. The Hall–Kier alpha value is -1.94. The highest BCUT2D eigenvalue weighted by atomic mass is 127. The Morgan fingerprint density at radius 2 is 1.89 bits per heavy atom. The Morgan fingerprint density at radius 3 is 2.57 bits per heavy atom. The molecule has 28 heavy (non-hydrogen) atoms. The topological polar surface area (TPSA) is 69.5 Å². The second kappa shape index (κ2) is 10.6.